The first-order valence-corrected chi connectivity index (χ1v) is 7.63. The fourth-order valence-corrected chi connectivity index (χ4v) is 1.98. The minimum atomic E-state index is -0.410. The highest BCUT2D eigenvalue weighted by molar-refractivity contribution is 5.95. The number of likely N-dealkylation sites (N-methyl/N-ethyl adjacent to an activating group) is 1. The first-order chi connectivity index (χ1) is 11.6. The number of nitrogens with one attached hydrogen (secondary N) is 2. The maximum Gasteiger partial charge on any atom is 0.335 e. The van der Waals surface area contributed by atoms with Crippen LogP contribution in [-0.2, 0) is 0 Å². The van der Waals surface area contributed by atoms with Crippen LogP contribution in [0.5, 0.6) is 5.75 Å². The SMILES string of the molecule is Cc1ccccc1OCCN(C)C(=O)NNC(=O)c1ccccc1. The van der Waals surface area contributed by atoms with Gasteiger partial charge in [0.1, 0.15) is 12.4 Å². The van der Waals surface area contributed by atoms with E-state index in [0.29, 0.717) is 18.7 Å². The minimum absolute atomic E-state index is 0.363. The average molecular weight is 327 g/mol. The van der Waals surface area contributed by atoms with Crippen molar-refractivity contribution >= 4 is 11.9 Å². The zero-order valence-corrected chi connectivity index (χ0v) is 13.8. The quantitative estimate of drug-likeness (QED) is 0.828. The summed E-state index contributed by atoms with van der Waals surface area (Å²) in [5, 5.41) is 0. The first-order valence-electron chi connectivity index (χ1n) is 7.63. The third-order valence-corrected chi connectivity index (χ3v) is 3.44. The summed E-state index contributed by atoms with van der Waals surface area (Å²) in [7, 11) is 1.63. The van der Waals surface area contributed by atoms with Gasteiger partial charge in [-0.2, -0.15) is 0 Å². The largest absolute Gasteiger partial charge is 0.491 e. The van der Waals surface area contributed by atoms with E-state index in [-0.39, 0.29) is 5.91 Å². The van der Waals surface area contributed by atoms with Crippen molar-refractivity contribution in [2.45, 2.75) is 6.92 Å². The summed E-state index contributed by atoms with van der Waals surface area (Å²) >= 11 is 0. The van der Waals surface area contributed by atoms with Crippen molar-refractivity contribution in [3.05, 3.63) is 65.7 Å². The lowest BCUT2D eigenvalue weighted by Gasteiger charge is -2.18. The molecular formula is C18H21N3O3. The van der Waals surface area contributed by atoms with E-state index < -0.39 is 6.03 Å². The predicted octanol–water partition coefficient (Wildman–Crippen LogP) is 2.36. The van der Waals surface area contributed by atoms with E-state index in [9.17, 15) is 9.59 Å². The molecule has 0 fully saturated rings. The molecule has 0 bridgehead atoms. The van der Waals surface area contributed by atoms with Crippen LogP contribution in [0.3, 0.4) is 0 Å². The average Bonchev–Trinajstić information content (AvgIpc) is 2.61. The molecule has 6 nitrogen and oxygen atoms in total. The Labute approximate surface area is 141 Å². The second-order valence-electron chi connectivity index (χ2n) is 5.29. The molecule has 6 heteroatoms. The van der Waals surface area contributed by atoms with Crippen LogP contribution in [0.1, 0.15) is 15.9 Å². The van der Waals surface area contributed by atoms with E-state index in [1.807, 2.05) is 37.3 Å². The lowest BCUT2D eigenvalue weighted by Crippen LogP contribution is -2.48. The lowest BCUT2D eigenvalue weighted by atomic mass is 10.2. The number of hydrazine groups is 1. The van der Waals surface area contributed by atoms with Crippen molar-refractivity contribution in [3.63, 3.8) is 0 Å². The Morgan fingerprint density at radius 2 is 1.67 bits per heavy atom. The highest BCUT2D eigenvalue weighted by Gasteiger charge is 2.10. The van der Waals surface area contributed by atoms with Gasteiger partial charge in [-0.05, 0) is 30.7 Å². The van der Waals surface area contributed by atoms with Crippen LogP contribution in [0.25, 0.3) is 0 Å². The van der Waals surface area contributed by atoms with Gasteiger partial charge in [0.2, 0.25) is 0 Å². The highest BCUT2D eigenvalue weighted by atomic mass is 16.5. The van der Waals surface area contributed by atoms with Gasteiger partial charge in [0.15, 0.2) is 0 Å². The van der Waals surface area contributed by atoms with Crippen LogP contribution in [-0.4, -0.2) is 37.0 Å². The van der Waals surface area contributed by atoms with Gasteiger partial charge in [0.05, 0.1) is 6.54 Å². The van der Waals surface area contributed by atoms with Gasteiger partial charge in [-0.1, -0.05) is 36.4 Å². The van der Waals surface area contributed by atoms with Crippen molar-refractivity contribution in [1.82, 2.24) is 15.8 Å². The molecule has 2 aromatic rings. The van der Waals surface area contributed by atoms with Gasteiger partial charge in [-0.15, -0.1) is 0 Å². The topological polar surface area (TPSA) is 70.7 Å². The van der Waals surface area contributed by atoms with Gasteiger partial charge >= 0.3 is 6.03 Å². The van der Waals surface area contributed by atoms with Crippen molar-refractivity contribution in [2.24, 2.45) is 0 Å². The van der Waals surface area contributed by atoms with Crippen LogP contribution in [0.4, 0.5) is 4.79 Å². The van der Waals surface area contributed by atoms with E-state index in [0.717, 1.165) is 11.3 Å². The number of aryl methyl sites for hydroxylation is 1. The maximum absolute atomic E-state index is 11.9. The molecule has 2 N–H and O–H groups in total. The zero-order valence-electron chi connectivity index (χ0n) is 13.8. The van der Waals surface area contributed by atoms with E-state index >= 15 is 0 Å². The third-order valence-electron chi connectivity index (χ3n) is 3.44. The Kier molecular flexibility index (Phi) is 6.19. The molecule has 0 aliphatic rings. The molecule has 0 aliphatic heterocycles. The molecule has 3 amide bonds. The maximum atomic E-state index is 11.9. The molecule has 0 aliphatic carbocycles. The van der Waals surface area contributed by atoms with Crippen LogP contribution in [0.15, 0.2) is 54.6 Å². The van der Waals surface area contributed by atoms with Gasteiger partial charge in [0.25, 0.3) is 5.91 Å². The molecule has 0 spiro atoms. The standard InChI is InChI=1S/C18H21N3O3/c1-14-8-6-7-11-16(14)24-13-12-21(2)18(23)20-19-17(22)15-9-4-3-5-10-15/h3-11H,12-13H2,1-2H3,(H,19,22)(H,20,23). The van der Waals surface area contributed by atoms with E-state index in [1.54, 1.807) is 31.3 Å². The molecule has 0 saturated carbocycles. The predicted molar refractivity (Wildman–Crippen MR) is 91.7 cm³/mol. The molecule has 0 unspecified atom stereocenters. The Morgan fingerprint density at radius 1 is 1.00 bits per heavy atom. The fourth-order valence-electron chi connectivity index (χ4n) is 1.98. The number of rotatable bonds is 5. The van der Waals surface area contributed by atoms with E-state index in [2.05, 4.69) is 10.9 Å². The van der Waals surface area contributed by atoms with E-state index in [1.165, 1.54) is 4.90 Å². The molecule has 24 heavy (non-hydrogen) atoms. The number of ether oxygens (including phenoxy) is 1. The number of carbonyl (C=O) groups excluding carboxylic acids is 2. The lowest BCUT2D eigenvalue weighted by molar-refractivity contribution is 0.0930. The Balaban J connectivity index is 1.72. The van der Waals surface area contributed by atoms with Crippen LogP contribution >= 0.6 is 0 Å². The number of urea groups is 1. The molecule has 0 saturated heterocycles. The van der Waals surface area contributed by atoms with Crippen LogP contribution < -0.4 is 15.6 Å². The first kappa shape index (κ1) is 17.3. The molecule has 0 aromatic heterocycles. The summed E-state index contributed by atoms with van der Waals surface area (Å²) in [5.74, 6) is 0.428. The van der Waals surface area contributed by atoms with Crippen LogP contribution in [0.2, 0.25) is 0 Å². The number of hydrogen-bond donors (Lipinski definition) is 2. The van der Waals surface area contributed by atoms with E-state index in [4.69, 9.17) is 4.74 Å². The summed E-state index contributed by atoms with van der Waals surface area (Å²) in [6, 6.07) is 15.9. The number of para-hydroxylation sites is 1. The van der Waals surface area contributed by atoms with Gasteiger partial charge < -0.3 is 9.64 Å². The molecule has 0 radical (unpaired) electrons. The summed E-state index contributed by atoms with van der Waals surface area (Å²) in [6.45, 7) is 2.72. The summed E-state index contributed by atoms with van der Waals surface area (Å²) in [4.78, 5) is 25.2. The second kappa shape index (κ2) is 8.57. The Bertz CT molecular complexity index is 689. The summed E-state index contributed by atoms with van der Waals surface area (Å²) < 4.78 is 5.64. The fraction of sp³-hybridized carbons (Fsp3) is 0.222. The third kappa shape index (κ3) is 5.01. The van der Waals surface area contributed by atoms with Crippen molar-refractivity contribution < 1.29 is 14.3 Å². The minimum Gasteiger partial charge on any atom is -0.491 e. The molecule has 2 aromatic carbocycles. The van der Waals surface area contributed by atoms with Crippen molar-refractivity contribution in [3.8, 4) is 5.75 Å². The Morgan fingerprint density at radius 3 is 2.38 bits per heavy atom. The van der Waals surface area contributed by atoms with Gasteiger partial charge in [-0.25, -0.2) is 10.2 Å². The Hall–Kier alpha value is -3.02. The number of amides is 3. The van der Waals surface area contributed by atoms with Crippen molar-refractivity contribution in [2.75, 3.05) is 20.2 Å². The second-order valence-corrected chi connectivity index (χ2v) is 5.29. The molecule has 126 valence electrons. The summed E-state index contributed by atoms with van der Waals surface area (Å²) in [5.41, 5.74) is 6.27. The summed E-state index contributed by atoms with van der Waals surface area (Å²) in [6.07, 6.45) is 0. The highest BCUT2D eigenvalue weighted by Crippen LogP contribution is 2.15. The monoisotopic (exact) mass is 327 g/mol. The van der Waals surface area contributed by atoms with Gasteiger partial charge in [0, 0.05) is 12.6 Å². The molecule has 2 rings (SSSR count). The van der Waals surface area contributed by atoms with Crippen LogP contribution in [0, 0.1) is 6.92 Å². The number of carbonyl (C=O) groups is 2. The molecule has 0 heterocycles. The molecular weight excluding hydrogens is 306 g/mol. The zero-order chi connectivity index (χ0) is 17.4. The number of nitrogens with zero attached hydrogens (tertiary/aromatic N) is 1. The molecule has 0 atom stereocenters. The smallest absolute Gasteiger partial charge is 0.335 e. The number of benzene rings is 2. The number of hydrogen-bond acceptors (Lipinski definition) is 3. The van der Waals surface area contributed by atoms with Gasteiger partial charge in [-0.3, -0.25) is 10.2 Å². The van der Waals surface area contributed by atoms with Crippen molar-refractivity contribution in [1.29, 1.82) is 0 Å². The normalized spacial score (nSPS) is 9.92.